The van der Waals surface area contributed by atoms with Gasteiger partial charge in [-0.25, -0.2) is 4.79 Å². The van der Waals surface area contributed by atoms with E-state index in [0.717, 1.165) is 0 Å². The molecule has 0 radical (unpaired) electrons. The van der Waals surface area contributed by atoms with E-state index in [1.807, 2.05) is 0 Å². The number of halogens is 1. The van der Waals surface area contributed by atoms with Crippen LogP contribution < -0.4 is 0 Å². The molecule has 0 aliphatic heterocycles. The van der Waals surface area contributed by atoms with E-state index >= 15 is 0 Å². The van der Waals surface area contributed by atoms with E-state index in [1.54, 1.807) is 30.3 Å². The Labute approximate surface area is 91.7 Å². The molecule has 0 spiro atoms. The fourth-order valence-electron chi connectivity index (χ4n) is 1.01. The van der Waals surface area contributed by atoms with Crippen molar-refractivity contribution in [2.24, 2.45) is 0 Å². The third kappa shape index (κ3) is 3.99. The lowest BCUT2D eigenvalue weighted by atomic mass is 10.2. The zero-order valence-corrected chi connectivity index (χ0v) is 8.73. The van der Waals surface area contributed by atoms with Crippen LogP contribution in [-0.4, -0.2) is 11.4 Å². The molecular formula is C10H9ClO4. The Balaban J connectivity index is 2.81. The van der Waals surface area contributed by atoms with E-state index in [1.165, 1.54) is 6.92 Å². The summed E-state index contributed by atoms with van der Waals surface area (Å²) >= 11 is 5.05. The molecule has 80 valence electrons. The topological polar surface area (TPSA) is 52.6 Å². The van der Waals surface area contributed by atoms with Crippen molar-refractivity contribution in [3.05, 3.63) is 35.9 Å². The maximum atomic E-state index is 10.8. The van der Waals surface area contributed by atoms with Crippen molar-refractivity contribution < 1.29 is 19.1 Å². The summed E-state index contributed by atoms with van der Waals surface area (Å²) in [5.74, 6) is -0.554. The van der Waals surface area contributed by atoms with Crippen molar-refractivity contribution in [3.8, 4) is 0 Å². The summed E-state index contributed by atoms with van der Waals surface area (Å²) in [4.78, 5) is 21.3. The molecule has 0 bridgehead atoms. The third-order valence-corrected chi connectivity index (χ3v) is 1.63. The second-order valence-electron chi connectivity index (χ2n) is 2.71. The van der Waals surface area contributed by atoms with Gasteiger partial charge in [-0.05, 0) is 0 Å². The number of esters is 1. The van der Waals surface area contributed by atoms with Crippen LogP contribution in [-0.2, 0) is 14.3 Å². The van der Waals surface area contributed by atoms with E-state index in [-0.39, 0.29) is 0 Å². The summed E-state index contributed by atoms with van der Waals surface area (Å²) in [6.07, 6.45) is -1.09. The number of hydrogen-bond donors (Lipinski definition) is 0. The first-order valence-electron chi connectivity index (χ1n) is 4.18. The highest BCUT2D eigenvalue weighted by Gasteiger charge is 2.17. The summed E-state index contributed by atoms with van der Waals surface area (Å²) in [7, 11) is 0. The molecule has 0 N–H and O–H groups in total. The van der Waals surface area contributed by atoms with Gasteiger partial charge in [-0.3, -0.25) is 4.79 Å². The lowest BCUT2D eigenvalue weighted by Gasteiger charge is -2.15. The molecule has 0 aliphatic rings. The number of ether oxygens (including phenoxy) is 2. The standard InChI is InChI=1S/C10H9ClO4/c1-7(12)14-9(15-10(11)13)8-5-3-2-4-6-8/h2-6,9H,1H3. The Kier molecular flexibility index (Phi) is 4.12. The van der Waals surface area contributed by atoms with Crippen LogP contribution in [0.15, 0.2) is 30.3 Å². The maximum absolute atomic E-state index is 10.8. The van der Waals surface area contributed by atoms with Crippen molar-refractivity contribution in [2.45, 2.75) is 13.2 Å². The van der Waals surface area contributed by atoms with Gasteiger partial charge in [-0.1, -0.05) is 30.3 Å². The Hall–Kier alpha value is -1.55. The minimum Gasteiger partial charge on any atom is -0.421 e. The highest BCUT2D eigenvalue weighted by molar-refractivity contribution is 6.61. The summed E-state index contributed by atoms with van der Waals surface area (Å²) in [6.45, 7) is 1.22. The second-order valence-corrected chi connectivity index (χ2v) is 3.02. The van der Waals surface area contributed by atoms with E-state index in [9.17, 15) is 9.59 Å². The van der Waals surface area contributed by atoms with Gasteiger partial charge in [-0.15, -0.1) is 0 Å². The van der Waals surface area contributed by atoms with E-state index in [0.29, 0.717) is 5.56 Å². The van der Waals surface area contributed by atoms with Crippen molar-refractivity contribution in [1.29, 1.82) is 0 Å². The van der Waals surface area contributed by atoms with Crippen LogP contribution in [0.25, 0.3) is 0 Å². The van der Waals surface area contributed by atoms with E-state index < -0.39 is 17.7 Å². The van der Waals surface area contributed by atoms with Crippen LogP contribution in [0.2, 0.25) is 0 Å². The molecule has 1 aromatic carbocycles. The highest BCUT2D eigenvalue weighted by Crippen LogP contribution is 2.19. The van der Waals surface area contributed by atoms with Crippen LogP contribution in [0.1, 0.15) is 18.8 Å². The minimum atomic E-state index is -1.09. The number of carbonyl (C=O) groups excluding carboxylic acids is 2. The number of rotatable bonds is 3. The largest absolute Gasteiger partial charge is 0.421 e. The Morgan fingerprint density at radius 3 is 2.27 bits per heavy atom. The third-order valence-electron chi connectivity index (χ3n) is 1.54. The molecule has 1 aromatic rings. The first kappa shape index (κ1) is 11.5. The van der Waals surface area contributed by atoms with Gasteiger partial charge in [0.05, 0.1) is 0 Å². The van der Waals surface area contributed by atoms with Gasteiger partial charge >= 0.3 is 11.4 Å². The molecule has 0 saturated heterocycles. The smallest absolute Gasteiger partial charge is 0.407 e. The van der Waals surface area contributed by atoms with Gasteiger partial charge in [0, 0.05) is 24.1 Å². The van der Waals surface area contributed by atoms with Crippen LogP contribution in [0, 0.1) is 0 Å². The Morgan fingerprint density at radius 1 is 1.20 bits per heavy atom. The molecule has 1 unspecified atom stereocenters. The second kappa shape index (κ2) is 5.36. The fraction of sp³-hybridized carbons (Fsp3) is 0.200. The van der Waals surface area contributed by atoms with Crippen molar-refractivity contribution in [3.63, 3.8) is 0 Å². The monoisotopic (exact) mass is 228 g/mol. The highest BCUT2D eigenvalue weighted by atomic mass is 35.5. The van der Waals surface area contributed by atoms with Crippen LogP contribution in [0.4, 0.5) is 4.79 Å². The molecular weight excluding hydrogens is 220 g/mol. The molecule has 5 heteroatoms. The van der Waals surface area contributed by atoms with E-state index in [4.69, 9.17) is 16.3 Å². The molecule has 1 rings (SSSR count). The lowest BCUT2D eigenvalue weighted by Crippen LogP contribution is -2.13. The van der Waals surface area contributed by atoms with Gasteiger partial charge in [0.2, 0.25) is 0 Å². The first-order valence-corrected chi connectivity index (χ1v) is 4.55. The molecule has 1 atom stereocenters. The number of benzene rings is 1. The van der Waals surface area contributed by atoms with Crippen LogP contribution >= 0.6 is 11.6 Å². The molecule has 0 aromatic heterocycles. The molecule has 0 aliphatic carbocycles. The fourth-order valence-corrected chi connectivity index (χ4v) is 1.09. The SMILES string of the molecule is CC(=O)OC(OC(=O)Cl)c1ccccc1. The maximum Gasteiger partial charge on any atom is 0.407 e. The van der Waals surface area contributed by atoms with E-state index in [2.05, 4.69) is 4.74 Å². The summed E-state index contributed by atoms with van der Waals surface area (Å²) < 4.78 is 9.41. The Bertz CT molecular complexity index is 334. The predicted octanol–water partition coefficient (Wildman–Crippen LogP) is 2.62. The van der Waals surface area contributed by atoms with Gasteiger partial charge in [0.15, 0.2) is 0 Å². The average molecular weight is 229 g/mol. The number of hydrogen-bond acceptors (Lipinski definition) is 4. The quantitative estimate of drug-likeness (QED) is 0.453. The molecule has 0 amide bonds. The van der Waals surface area contributed by atoms with Gasteiger partial charge < -0.3 is 9.47 Å². The van der Waals surface area contributed by atoms with Gasteiger partial charge in [-0.2, -0.15) is 0 Å². The number of carbonyl (C=O) groups is 2. The lowest BCUT2D eigenvalue weighted by molar-refractivity contribution is -0.165. The van der Waals surface area contributed by atoms with Gasteiger partial charge in [0.1, 0.15) is 0 Å². The van der Waals surface area contributed by atoms with Crippen molar-refractivity contribution >= 4 is 23.0 Å². The molecule has 0 heterocycles. The van der Waals surface area contributed by atoms with Gasteiger partial charge in [0.25, 0.3) is 6.29 Å². The van der Waals surface area contributed by atoms with Crippen LogP contribution in [0.3, 0.4) is 0 Å². The zero-order valence-electron chi connectivity index (χ0n) is 7.98. The molecule has 4 nitrogen and oxygen atoms in total. The first-order chi connectivity index (χ1) is 7.09. The van der Waals surface area contributed by atoms with Crippen LogP contribution in [0.5, 0.6) is 0 Å². The minimum absolute atomic E-state index is 0.543. The Morgan fingerprint density at radius 2 is 1.80 bits per heavy atom. The summed E-state index contributed by atoms with van der Waals surface area (Å²) in [6, 6.07) is 8.57. The average Bonchev–Trinajstić information content (AvgIpc) is 2.17. The summed E-state index contributed by atoms with van der Waals surface area (Å²) in [5, 5.41) is 0. The predicted molar refractivity (Wildman–Crippen MR) is 53.3 cm³/mol. The molecule has 0 saturated carbocycles. The normalized spacial score (nSPS) is 11.6. The molecule has 15 heavy (non-hydrogen) atoms. The van der Waals surface area contributed by atoms with Crippen molar-refractivity contribution in [1.82, 2.24) is 0 Å². The zero-order chi connectivity index (χ0) is 11.3. The summed E-state index contributed by atoms with van der Waals surface area (Å²) in [5.41, 5.74) is -0.480. The van der Waals surface area contributed by atoms with Crippen molar-refractivity contribution in [2.75, 3.05) is 0 Å². The molecule has 0 fully saturated rings.